The van der Waals surface area contributed by atoms with Gasteiger partial charge in [-0.15, -0.1) is 11.3 Å². The Morgan fingerprint density at radius 2 is 2.11 bits per heavy atom. The quantitative estimate of drug-likeness (QED) is 0.565. The highest BCUT2D eigenvalue weighted by Crippen LogP contribution is 2.37. The Kier molecular flexibility index (Phi) is 3.93. The van der Waals surface area contributed by atoms with Crippen molar-refractivity contribution in [2.45, 2.75) is 45.5 Å². The lowest BCUT2D eigenvalue weighted by Crippen LogP contribution is -2.40. The Bertz CT molecular complexity index is 556. The molecular weight excluding hydrogens is 375 g/mol. The van der Waals surface area contributed by atoms with Crippen LogP contribution < -0.4 is 0 Å². The summed E-state index contributed by atoms with van der Waals surface area (Å²) in [7, 11) is -1.69. The maximum absolute atomic E-state index is 6.22. The van der Waals surface area contributed by atoms with Gasteiger partial charge in [-0.1, -0.05) is 20.8 Å². The summed E-state index contributed by atoms with van der Waals surface area (Å²) in [6.45, 7) is 12.0. The number of imidazole rings is 1. The number of halogens is 1. The fourth-order valence-corrected chi connectivity index (χ4v) is 3.85. The van der Waals surface area contributed by atoms with Crippen molar-refractivity contribution in [1.29, 1.82) is 0 Å². The highest BCUT2D eigenvalue weighted by atomic mass is 127. The zero-order valence-electron chi connectivity index (χ0n) is 11.5. The molecule has 0 aliphatic carbocycles. The van der Waals surface area contributed by atoms with Gasteiger partial charge in [0.05, 0.1) is 12.3 Å². The van der Waals surface area contributed by atoms with E-state index in [1.54, 1.807) is 11.3 Å². The number of hydrogen-bond donors (Lipinski definition) is 0. The average molecular weight is 394 g/mol. The highest BCUT2D eigenvalue weighted by molar-refractivity contribution is 14.1. The molecule has 0 N–H and O–H groups in total. The van der Waals surface area contributed by atoms with Crippen LogP contribution in [0.3, 0.4) is 0 Å². The van der Waals surface area contributed by atoms with E-state index in [0.717, 1.165) is 10.7 Å². The summed E-state index contributed by atoms with van der Waals surface area (Å²) in [6, 6.07) is 0. The lowest BCUT2D eigenvalue weighted by Gasteiger charge is -2.35. The molecule has 3 nitrogen and oxygen atoms in total. The second-order valence-corrected chi connectivity index (χ2v) is 12.7. The maximum Gasteiger partial charge on any atom is 0.194 e. The fraction of sp³-hybridized carbons (Fsp3) is 0.583. The molecule has 2 aromatic heterocycles. The van der Waals surface area contributed by atoms with E-state index in [2.05, 4.69) is 77.4 Å². The third-order valence-electron chi connectivity index (χ3n) is 3.65. The Morgan fingerprint density at radius 3 is 2.67 bits per heavy atom. The van der Waals surface area contributed by atoms with Crippen molar-refractivity contribution < 1.29 is 4.43 Å². The molecule has 0 saturated carbocycles. The number of nitrogens with zero attached hydrogens (tertiary/aromatic N) is 2. The Morgan fingerprint density at radius 1 is 1.44 bits per heavy atom. The van der Waals surface area contributed by atoms with E-state index >= 15 is 0 Å². The van der Waals surface area contributed by atoms with E-state index in [4.69, 9.17) is 4.43 Å². The summed E-state index contributed by atoms with van der Waals surface area (Å²) < 4.78 is 9.51. The molecule has 0 fully saturated rings. The molecule has 6 heteroatoms. The van der Waals surface area contributed by atoms with Gasteiger partial charge < -0.3 is 4.43 Å². The molecule has 2 heterocycles. The Hall–Kier alpha value is 0.0769. The first kappa shape index (κ1) is 14.5. The normalized spacial score (nSPS) is 13.4. The molecule has 18 heavy (non-hydrogen) atoms. The molecule has 0 aliphatic rings. The van der Waals surface area contributed by atoms with Crippen LogP contribution in [-0.4, -0.2) is 17.7 Å². The van der Waals surface area contributed by atoms with Crippen LogP contribution in [0.2, 0.25) is 18.1 Å². The van der Waals surface area contributed by atoms with E-state index in [0.29, 0.717) is 6.61 Å². The average Bonchev–Trinajstić information content (AvgIpc) is 2.78. The SMILES string of the molecule is CC(C)(C)[Si](C)(C)OCc1nc2sccn2c1I. The van der Waals surface area contributed by atoms with Crippen molar-refractivity contribution in [3.63, 3.8) is 0 Å². The molecule has 0 atom stereocenters. The Labute approximate surface area is 127 Å². The number of fused-ring (bicyclic) bond motifs is 1. The predicted octanol–water partition coefficient (Wildman–Crippen LogP) is 4.52. The first-order chi connectivity index (χ1) is 8.22. The monoisotopic (exact) mass is 394 g/mol. The summed E-state index contributed by atoms with van der Waals surface area (Å²) in [5, 5.41) is 2.30. The van der Waals surface area contributed by atoms with Crippen LogP contribution >= 0.6 is 33.9 Å². The molecule has 0 saturated heterocycles. The minimum atomic E-state index is -1.69. The van der Waals surface area contributed by atoms with E-state index in [1.165, 1.54) is 3.70 Å². The van der Waals surface area contributed by atoms with Gasteiger partial charge in [-0.3, -0.25) is 4.40 Å². The van der Waals surface area contributed by atoms with Gasteiger partial charge in [0.1, 0.15) is 3.70 Å². The number of rotatable bonds is 3. The van der Waals surface area contributed by atoms with Crippen molar-refractivity contribution in [2.75, 3.05) is 0 Å². The molecule has 0 spiro atoms. The first-order valence-electron chi connectivity index (χ1n) is 5.96. The van der Waals surface area contributed by atoms with Gasteiger partial charge in [0.2, 0.25) is 0 Å². The molecular formula is C12H19IN2OSSi. The second-order valence-electron chi connectivity index (χ2n) is 5.95. The molecule has 0 radical (unpaired) electrons. The van der Waals surface area contributed by atoms with E-state index in [-0.39, 0.29) is 5.04 Å². The van der Waals surface area contributed by atoms with Crippen molar-refractivity contribution in [1.82, 2.24) is 9.38 Å². The van der Waals surface area contributed by atoms with Gasteiger partial charge in [0, 0.05) is 11.6 Å². The fourth-order valence-electron chi connectivity index (χ4n) is 1.36. The molecule has 0 aromatic carbocycles. The lowest BCUT2D eigenvalue weighted by atomic mass is 10.2. The van der Waals surface area contributed by atoms with E-state index in [9.17, 15) is 0 Å². The summed E-state index contributed by atoms with van der Waals surface area (Å²) in [5.41, 5.74) is 1.06. The van der Waals surface area contributed by atoms with Crippen molar-refractivity contribution in [3.05, 3.63) is 21.0 Å². The minimum Gasteiger partial charge on any atom is -0.411 e. The standard InChI is InChI=1S/C12H19IN2OSSi/c1-12(2,3)18(4,5)16-8-9-10(13)15-6-7-17-11(15)14-9/h6-7H,8H2,1-5H3. The van der Waals surface area contributed by atoms with Crippen molar-refractivity contribution >= 4 is 47.2 Å². The maximum atomic E-state index is 6.22. The van der Waals surface area contributed by atoms with Crippen LogP contribution in [0.1, 0.15) is 26.5 Å². The third kappa shape index (κ3) is 2.66. The minimum absolute atomic E-state index is 0.246. The molecule has 0 unspecified atom stereocenters. The van der Waals surface area contributed by atoms with Gasteiger partial charge in [-0.2, -0.15) is 0 Å². The zero-order valence-corrected chi connectivity index (χ0v) is 15.4. The summed E-state index contributed by atoms with van der Waals surface area (Å²) >= 11 is 4.01. The van der Waals surface area contributed by atoms with Crippen molar-refractivity contribution in [2.24, 2.45) is 0 Å². The Balaban J connectivity index is 2.15. The summed E-state index contributed by atoms with van der Waals surface area (Å²) in [4.78, 5) is 5.68. The van der Waals surface area contributed by atoms with Gasteiger partial charge in [0.15, 0.2) is 13.3 Å². The first-order valence-corrected chi connectivity index (χ1v) is 10.8. The summed E-state index contributed by atoms with van der Waals surface area (Å²) in [5.74, 6) is 0. The lowest BCUT2D eigenvalue weighted by molar-refractivity contribution is 0.272. The molecule has 0 bridgehead atoms. The van der Waals surface area contributed by atoms with Crippen LogP contribution in [0.25, 0.3) is 4.96 Å². The predicted molar refractivity (Wildman–Crippen MR) is 87.8 cm³/mol. The third-order valence-corrected chi connectivity index (χ3v) is 10.0. The second kappa shape index (κ2) is 4.88. The van der Waals surface area contributed by atoms with Crippen LogP contribution in [0.5, 0.6) is 0 Å². The van der Waals surface area contributed by atoms with E-state index < -0.39 is 8.32 Å². The summed E-state index contributed by atoms with van der Waals surface area (Å²) in [6.07, 6.45) is 2.06. The number of aromatic nitrogens is 2. The van der Waals surface area contributed by atoms with Gasteiger partial charge in [-0.05, 0) is 40.7 Å². The molecule has 2 rings (SSSR count). The van der Waals surface area contributed by atoms with Crippen molar-refractivity contribution in [3.8, 4) is 0 Å². The molecule has 2 aromatic rings. The molecule has 100 valence electrons. The molecule has 0 amide bonds. The van der Waals surface area contributed by atoms with Crippen LogP contribution in [0.4, 0.5) is 0 Å². The van der Waals surface area contributed by atoms with Gasteiger partial charge in [-0.25, -0.2) is 4.98 Å². The van der Waals surface area contributed by atoms with Crippen LogP contribution in [0, 0.1) is 3.70 Å². The smallest absolute Gasteiger partial charge is 0.194 e. The van der Waals surface area contributed by atoms with Crippen LogP contribution in [-0.2, 0) is 11.0 Å². The van der Waals surface area contributed by atoms with E-state index in [1.807, 2.05) is 0 Å². The van der Waals surface area contributed by atoms with Crippen LogP contribution in [0.15, 0.2) is 11.6 Å². The number of thiazole rings is 1. The van der Waals surface area contributed by atoms with Gasteiger partial charge in [0.25, 0.3) is 0 Å². The topological polar surface area (TPSA) is 26.5 Å². The van der Waals surface area contributed by atoms with Gasteiger partial charge >= 0.3 is 0 Å². The highest BCUT2D eigenvalue weighted by Gasteiger charge is 2.37. The number of hydrogen-bond acceptors (Lipinski definition) is 3. The largest absolute Gasteiger partial charge is 0.411 e. The molecule has 0 aliphatic heterocycles. The zero-order chi connectivity index (χ0) is 13.6.